The number of hydrogen-bond donors (Lipinski definition) is 1. The zero-order valence-corrected chi connectivity index (χ0v) is 13.3. The third kappa shape index (κ3) is 5.78. The van der Waals surface area contributed by atoms with Crippen molar-refractivity contribution < 1.29 is 9.15 Å². The molecule has 0 saturated carbocycles. The van der Waals surface area contributed by atoms with Gasteiger partial charge in [0.15, 0.2) is 0 Å². The number of hydrogen-bond acceptors (Lipinski definition) is 3. The highest BCUT2D eigenvalue weighted by Crippen LogP contribution is 2.14. The van der Waals surface area contributed by atoms with Crippen LogP contribution in [0, 0.1) is 5.92 Å². The van der Waals surface area contributed by atoms with E-state index in [4.69, 9.17) is 9.15 Å². The van der Waals surface area contributed by atoms with E-state index >= 15 is 0 Å². The molecule has 118 valence electrons. The second-order valence-electron chi connectivity index (χ2n) is 5.66. The van der Waals surface area contributed by atoms with Gasteiger partial charge in [-0.05, 0) is 49.1 Å². The third-order valence-electron chi connectivity index (χ3n) is 3.62. The van der Waals surface area contributed by atoms with Crippen LogP contribution in [0.3, 0.4) is 0 Å². The average molecular weight is 299 g/mol. The van der Waals surface area contributed by atoms with Gasteiger partial charge in [0.1, 0.15) is 12.4 Å². The molecule has 2 aromatic rings. The molecule has 1 unspecified atom stereocenters. The van der Waals surface area contributed by atoms with Gasteiger partial charge in [-0.25, -0.2) is 0 Å². The molecule has 0 saturated heterocycles. The number of rotatable bonds is 10. The van der Waals surface area contributed by atoms with Crippen molar-refractivity contribution in [2.75, 3.05) is 6.54 Å². The Hall–Kier alpha value is -2.00. The van der Waals surface area contributed by atoms with Crippen molar-refractivity contribution in [1.82, 2.24) is 5.32 Å². The van der Waals surface area contributed by atoms with Crippen LogP contribution in [0.15, 0.2) is 59.9 Å². The van der Waals surface area contributed by atoms with Crippen molar-refractivity contribution in [3.8, 4) is 5.75 Å². The highest BCUT2D eigenvalue weighted by atomic mass is 16.5. The van der Waals surface area contributed by atoms with Crippen molar-refractivity contribution in [2.24, 2.45) is 5.92 Å². The van der Waals surface area contributed by atoms with E-state index in [9.17, 15) is 0 Å². The summed E-state index contributed by atoms with van der Waals surface area (Å²) in [7, 11) is 0. The summed E-state index contributed by atoms with van der Waals surface area (Å²) >= 11 is 0. The van der Waals surface area contributed by atoms with Gasteiger partial charge in [-0.2, -0.15) is 0 Å². The molecule has 3 nitrogen and oxygen atoms in total. The Morgan fingerprint density at radius 3 is 2.73 bits per heavy atom. The SMILES string of the molecule is C=CCC(C)CCNCc1ccc(OCc2ccoc2)cc1. The molecule has 0 aliphatic heterocycles. The van der Waals surface area contributed by atoms with Crippen LogP contribution in [-0.2, 0) is 13.2 Å². The van der Waals surface area contributed by atoms with Gasteiger partial charge in [0.2, 0.25) is 0 Å². The van der Waals surface area contributed by atoms with Gasteiger partial charge in [0, 0.05) is 12.1 Å². The summed E-state index contributed by atoms with van der Waals surface area (Å²) < 4.78 is 10.7. The van der Waals surface area contributed by atoms with Gasteiger partial charge < -0.3 is 14.5 Å². The summed E-state index contributed by atoms with van der Waals surface area (Å²) in [6, 6.07) is 10.1. The molecule has 3 heteroatoms. The minimum absolute atomic E-state index is 0.537. The maximum atomic E-state index is 5.70. The Bertz CT molecular complexity index is 531. The van der Waals surface area contributed by atoms with E-state index in [1.54, 1.807) is 12.5 Å². The van der Waals surface area contributed by atoms with Crippen LogP contribution >= 0.6 is 0 Å². The minimum atomic E-state index is 0.537. The maximum Gasteiger partial charge on any atom is 0.119 e. The van der Waals surface area contributed by atoms with Gasteiger partial charge >= 0.3 is 0 Å². The van der Waals surface area contributed by atoms with Gasteiger partial charge in [-0.3, -0.25) is 0 Å². The molecule has 1 atom stereocenters. The molecule has 1 N–H and O–H groups in total. The fourth-order valence-electron chi connectivity index (χ4n) is 2.23. The summed E-state index contributed by atoms with van der Waals surface area (Å²) in [5.41, 5.74) is 2.31. The van der Waals surface area contributed by atoms with Crippen molar-refractivity contribution >= 4 is 0 Å². The predicted octanol–water partition coefficient (Wildman–Crippen LogP) is 4.55. The molecule has 0 fully saturated rings. The molecule has 0 spiro atoms. The van der Waals surface area contributed by atoms with E-state index in [2.05, 4.69) is 31.0 Å². The number of furan rings is 1. The number of benzene rings is 1. The van der Waals surface area contributed by atoms with Crippen LogP contribution in [0.25, 0.3) is 0 Å². The monoisotopic (exact) mass is 299 g/mol. The van der Waals surface area contributed by atoms with Crippen molar-refractivity contribution in [2.45, 2.75) is 32.9 Å². The number of ether oxygens (including phenoxy) is 1. The Morgan fingerprint density at radius 2 is 2.05 bits per heavy atom. The molecular weight excluding hydrogens is 274 g/mol. The lowest BCUT2D eigenvalue weighted by atomic mass is 10.0. The normalized spacial score (nSPS) is 12.0. The van der Waals surface area contributed by atoms with E-state index in [1.807, 2.05) is 24.3 Å². The summed E-state index contributed by atoms with van der Waals surface area (Å²) in [6.07, 6.45) is 7.62. The molecule has 0 bridgehead atoms. The highest BCUT2D eigenvalue weighted by Gasteiger charge is 2.00. The smallest absolute Gasteiger partial charge is 0.119 e. The first-order chi connectivity index (χ1) is 10.8. The number of nitrogens with one attached hydrogen (secondary N) is 1. The lowest BCUT2D eigenvalue weighted by Gasteiger charge is -2.10. The minimum Gasteiger partial charge on any atom is -0.489 e. The highest BCUT2D eigenvalue weighted by molar-refractivity contribution is 5.27. The summed E-state index contributed by atoms with van der Waals surface area (Å²) in [5, 5.41) is 3.48. The zero-order chi connectivity index (χ0) is 15.6. The second kappa shape index (κ2) is 9.11. The van der Waals surface area contributed by atoms with Gasteiger partial charge in [0.05, 0.1) is 12.5 Å². The van der Waals surface area contributed by atoms with Gasteiger partial charge in [-0.1, -0.05) is 25.1 Å². The van der Waals surface area contributed by atoms with Crippen LogP contribution in [-0.4, -0.2) is 6.54 Å². The fraction of sp³-hybridized carbons (Fsp3) is 0.368. The van der Waals surface area contributed by atoms with Crippen molar-refractivity contribution in [3.63, 3.8) is 0 Å². The van der Waals surface area contributed by atoms with E-state index in [0.717, 1.165) is 30.8 Å². The fourth-order valence-corrected chi connectivity index (χ4v) is 2.23. The first-order valence-corrected chi connectivity index (χ1v) is 7.82. The molecule has 1 heterocycles. The summed E-state index contributed by atoms with van der Waals surface area (Å²) in [6.45, 7) is 8.50. The van der Waals surface area contributed by atoms with Crippen LogP contribution in [0.4, 0.5) is 0 Å². The lowest BCUT2D eigenvalue weighted by Crippen LogP contribution is -2.16. The molecule has 0 aliphatic carbocycles. The molecule has 0 aliphatic rings. The molecule has 0 amide bonds. The second-order valence-corrected chi connectivity index (χ2v) is 5.66. The van der Waals surface area contributed by atoms with E-state index in [-0.39, 0.29) is 0 Å². The van der Waals surface area contributed by atoms with E-state index in [0.29, 0.717) is 12.5 Å². The first-order valence-electron chi connectivity index (χ1n) is 7.82. The Kier molecular flexibility index (Phi) is 6.78. The molecule has 1 aromatic carbocycles. The maximum absolute atomic E-state index is 5.70. The van der Waals surface area contributed by atoms with Crippen LogP contribution in [0.1, 0.15) is 30.9 Å². The Morgan fingerprint density at radius 1 is 1.23 bits per heavy atom. The quantitative estimate of drug-likeness (QED) is 0.516. The van der Waals surface area contributed by atoms with Crippen molar-refractivity contribution in [1.29, 1.82) is 0 Å². The van der Waals surface area contributed by atoms with Gasteiger partial charge in [0.25, 0.3) is 0 Å². The van der Waals surface area contributed by atoms with Crippen LogP contribution in [0.5, 0.6) is 5.75 Å². The lowest BCUT2D eigenvalue weighted by molar-refractivity contribution is 0.304. The molecule has 2 rings (SSSR count). The largest absolute Gasteiger partial charge is 0.489 e. The topological polar surface area (TPSA) is 34.4 Å². The molecular formula is C19H25NO2. The average Bonchev–Trinajstić information content (AvgIpc) is 3.04. The van der Waals surface area contributed by atoms with Crippen molar-refractivity contribution in [3.05, 3.63) is 66.6 Å². The number of allylic oxidation sites excluding steroid dienone is 1. The third-order valence-corrected chi connectivity index (χ3v) is 3.62. The predicted molar refractivity (Wildman–Crippen MR) is 89.8 cm³/mol. The van der Waals surface area contributed by atoms with Gasteiger partial charge in [-0.15, -0.1) is 6.58 Å². The summed E-state index contributed by atoms with van der Waals surface area (Å²) in [4.78, 5) is 0. The first kappa shape index (κ1) is 16.4. The molecule has 1 aromatic heterocycles. The van der Waals surface area contributed by atoms with E-state index in [1.165, 1.54) is 12.0 Å². The zero-order valence-electron chi connectivity index (χ0n) is 13.3. The standard InChI is InChI=1S/C19H25NO2/c1-3-4-16(2)9-11-20-13-17-5-7-19(8-6-17)22-15-18-10-12-21-14-18/h3,5-8,10,12,14,16,20H,1,4,9,11,13,15H2,2H3. The van der Waals surface area contributed by atoms with E-state index < -0.39 is 0 Å². The Labute approximate surface area is 133 Å². The molecule has 0 radical (unpaired) electrons. The molecule has 22 heavy (non-hydrogen) atoms. The Balaban J connectivity index is 1.67. The summed E-state index contributed by atoms with van der Waals surface area (Å²) in [5.74, 6) is 1.58. The van der Waals surface area contributed by atoms with Crippen LogP contribution < -0.4 is 10.1 Å². The van der Waals surface area contributed by atoms with Crippen LogP contribution in [0.2, 0.25) is 0 Å².